The number of imidazole rings is 1. The average molecular weight is 449 g/mol. The first-order valence-electron chi connectivity index (χ1n) is 11.3. The van der Waals surface area contributed by atoms with Gasteiger partial charge in [0.2, 0.25) is 0 Å². The Labute approximate surface area is 196 Å². The van der Waals surface area contributed by atoms with Crippen LogP contribution in [0.1, 0.15) is 18.2 Å². The summed E-state index contributed by atoms with van der Waals surface area (Å²) in [5.41, 5.74) is 9.47. The summed E-state index contributed by atoms with van der Waals surface area (Å²) in [6, 6.07) is 14.5. The highest BCUT2D eigenvalue weighted by molar-refractivity contribution is 5.97. The summed E-state index contributed by atoms with van der Waals surface area (Å²) in [5.74, 6) is 0. The van der Waals surface area contributed by atoms with E-state index >= 15 is 0 Å². The molecule has 3 N–H and O–H groups in total. The van der Waals surface area contributed by atoms with Gasteiger partial charge in [-0.3, -0.25) is 10.1 Å². The normalized spacial score (nSPS) is 11.6. The van der Waals surface area contributed by atoms with Crippen molar-refractivity contribution in [3.8, 4) is 28.3 Å². The lowest BCUT2D eigenvalue weighted by atomic mass is 10.1. The quantitative estimate of drug-likeness (QED) is 0.341. The zero-order valence-corrected chi connectivity index (χ0v) is 19.0. The van der Waals surface area contributed by atoms with Gasteiger partial charge in [0.25, 0.3) is 0 Å². The van der Waals surface area contributed by atoms with Crippen LogP contribution < -0.4 is 5.32 Å². The van der Waals surface area contributed by atoms with Crippen LogP contribution in [0, 0.1) is 6.92 Å². The number of aromatic nitrogens is 7. The zero-order valence-electron chi connectivity index (χ0n) is 19.0. The maximum Gasteiger partial charge on any atom is 0.135 e. The summed E-state index contributed by atoms with van der Waals surface area (Å²) < 4.78 is 2.04. The van der Waals surface area contributed by atoms with Crippen molar-refractivity contribution in [2.75, 3.05) is 6.54 Å². The van der Waals surface area contributed by atoms with Gasteiger partial charge in [-0.25, -0.2) is 9.97 Å². The largest absolute Gasteiger partial charge is 0.353 e. The number of pyridine rings is 2. The van der Waals surface area contributed by atoms with E-state index < -0.39 is 0 Å². The number of nitrogens with zero attached hydrogens (tertiary/aromatic N) is 5. The van der Waals surface area contributed by atoms with Crippen molar-refractivity contribution >= 4 is 21.9 Å². The monoisotopic (exact) mass is 448 g/mol. The molecule has 6 aromatic rings. The second-order valence-electron chi connectivity index (χ2n) is 8.37. The molecule has 0 bridgehead atoms. The molecule has 0 aliphatic heterocycles. The van der Waals surface area contributed by atoms with Gasteiger partial charge in [-0.2, -0.15) is 5.10 Å². The first-order valence-corrected chi connectivity index (χ1v) is 11.3. The summed E-state index contributed by atoms with van der Waals surface area (Å²) in [6.07, 6.45) is 7.60. The lowest BCUT2D eigenvalue weighted by molar-refractivity contribution is 0.724. The highest BCUT2D eigenvalue weighted by atomic mass is 15.1. The lowest BCUT2D eigenvalue weighted by Crippen LogP contribution is -2.11. The third-order valence-corrected chi connectivity index (χ3v) is 5.96. The van der Waals surface area contributed by atoms with Crippen LogP contribution in [-0.4, -0.2) is 41.2 Å². The molecule has 34 heavy (non-hydrogen) atoms. The fourth-order valence-electron chi connectivity index (χ4n) is 4.29. The second kappa shape index (κ2) is 8.24. The molecule has 0 spiro atoms. The predicted molar refractivity (Wildman–Crippen MR) is 134 cm³/mol. The topological polar surface area (TPSA) is 100 Å². The van der Waals surface area contributed by atoms with Crippen molar-refractivity contribution in [3.05, 3.63) is 78.6 Å². The van der Waals surface area contributed by atoms with Crippen molar-refractivity contribution in [1.82, 2.24) is 40.0 Å². The van der Waals surface area contributed by atoms with Gasteiger partial charge >= 0.3 is 0 Å². The Morgan fingerprint density at radius 1 is 1.06 bits per heavy atom. The number of H-pyrrole nitrogens is 2. The van der Waals surface area contributed by atoms with E-state index in [1.165, 1.54) is 0 Å². The molecule has 0 unspecified atom stereocenters. The van der Waals surface area contributed by atoms with Gasteiger partial charge in [0.15, 0.2) is 0 Å². The smallest absolute Gasteiger partial charge is 0.135 e. The van der Waals surface area contributed by atoms with Crippen LogP contribution in [0.5, 0.6) is 0 Å². The van der Waals surface area contributed by atoms with Crippen molar-refractivity contribution in [2.24, 2.45) is 0 Å². The van der Waals surface area contributed by atoms with E-state index in [2.05, 4.69) is 61.7 Å². The van der Waals surface area contributed by atoms with E-state index in [-0.39, 0.29) is 0 Å². The molecular weight excluding hydrogens is 424 g/mol. The molecule has 0 radical (unpaired) electrons. The van der Waals surface area contributed by atoms with Gasteiger partial charge in [0, 0.05) is 41.6 Å². The molecule has 5 aromatic heterocycles. The van der Waals surface area contributed by atoms with Crippen LogP contribution >= 0.6 is 0 Å². The lowest BCUT2D eigenvalue weighted by Gasteiger charge is -2.05. The minimum Gasteiger partial charge on any atom is -0.353 e. The summed E-state index contributed by atoms with van der Waals surface area (Å²) in [5, 5.41) is 12.2. The van der Waals surface area contributed by atoms with Crippen molar-refractivity contribution in [1.29, 1.82) is 0 Å². The third kappa shape index (κ3) is 3.54. The SMILES string of the molecule is CCNCc1cncc(-c2ccc3[nH]nc(-c4cc5c(-n6cnc(C)c6)cccc5[nH]4)c3n2)c1. The Balaban J connectivity index is 1.44. The van der Waals surface area contributed by atoms with Crippen LogP contribution in [0.15, 0.2) is 67.4 Å². The van der Waals surface area contributed by atoms with Gasteiger partial charge in [0.1, 0.15) is 11.2 Å². The van der Waals surface area contributed by atoms with Crippen molar-refractivity contribution < 1.29 is 0 Å². The van der Waals surface area contributed by atoms with Gasteiger partial charge < -0.3 is 14.9 Å². The van der Waals surface area contributed by atoms with Crippen LogP contribution in [-0.2, 0) is 6.54 Å². The van der Waals surface area contributed by atoms with Crippen LogP contribution in [0.3, 0.4) is 0 Å². The predicted octanol–water partition coefficient (Wildman–Crippen LogP) is 4.77. The van der Waals surface area contributed by atoms with E-state index in [4.69, 9.17) is 4.98 Å². The molecule has 168 valence electrons. The Hall–Kier alpha value is -4.30. The fraction of sp³-hybridized carbons (Fsp3) is 0.154. The van der Waals surface area contributed by atoms with Gasteiger partial charge in [0.05, 0.1) is 34.6 Å². The molecular formula is C26H24N8. The number of hydrogen-bond donors (Lipinski definition) is 3. The van der Waals surface area contributed by atoms with E-state index in [1.54, 1.807) is 0 Å². The number of aryl methyl sites for hydroxylation is 1. The zero-order chi connectivity index (χ0) is 23.1. The van der Waals surface area contributed by atoms with Crippen LogP contribution in [0.4, 0.5) is 0 Å². The molecule has 6 rings (SSSR count). The number of benzene rings is 1. The standard InChI is InChI=1S/C26H24N8/c1-3-27-11-17-9-18(13-28-12-17)20-7-8-22-25(31-20)26(33-32-22)23-10-19-21(30-23)5-4-6-24(19)34-14-16(2)29-15-34/h4-10,12-15,27,30H,3,11H2,1-2H3,(H,32,33). The minimum atomic E-state index is 0.782. The molecule has 5 heterocycles. The van der Waals surface area contributed by atoms with Gasteiger partial charge in [-0.1, -0.05) is 13.0 Å². The van der Waals surface area contributed by atoms with Crippen LogP contribution in [0.25, 0.3) is 50.3 Å². The molecule has 8 nitrogen and oxygen atoms in total. The van der Waals surface area contributed by atoms with Gasteiger partial charge in [-0.15, -0.1) is 0 Å². The summed E-state index contributed by atoms with van der Waals surface area (Å²) in [6.45, 7) is 5.78. The Morgan fingerprint density at radius 2 is 2.00 bits per heavy atom. The molecule has 0 atom stereocenters. The van der Waals surface area contributed by atoms with E-state index in [9.17, 15) is 0 Å². The number of rotatable bonds is 6. The molecule has 0 saturated carbocycles. The van der Waals surface area contributed by atoms with Crippen LogP contribution in [0.2, 0.25) is 0 Å². The van der Waals surface area contributed by atoms with Crippen molar-refractivity contribution in [2.45, 2.75) is 20.4 Å². The maximum absolute atomic E-state index is 4.97. The first-order chi connectivity index (χ1) is 16.7. The molecule has 1 aromatic carbocycles. The second-order valence-corrected chi connectivity index (χ2v) is 8.37. The van der Waals surface area contributed by atoms with Gasteiger partial charge in [-0.05, 0) is 55.4 Å². The Bertz CT molecular complexity index is 1620. The maximum atomic E-state index is 4.97. The Kier molecular flexibility index (Phi) is 4.92. The number of hydrogen-bond acceptors (Lipinski definition) is 5. The first kappa shape index (κ1) is 20.3. The molecule has 0 fully saturated rings. The highest BCUT2D eigenvalue weighted by Gasteiger charge is 2.15. The Morgan fingerprint density at radius 3 is 2.85 bits per heavy atom. The molecule has 0 saturated heterocycles. The highest BCUT2D eigenvalue weighted by Crippen LogP contribution is 2.31. The fourth-order valence-corrected chi connectivity index (χ4v) is 4.29. The molecule has 0 aliphatic carbocycles. The summed E-state index contributed by atoms with van der Waals surface area (Å²) in [7, 11) is 0. The third-order valence-electron chi connectivity index (χ3n) is 5.96. The summed E-state index contributed by atoms with van der Waals surface area (Å²) in [4.78, 5) is 17.3. The molecule has 0 amide bonds. The number of aromatic amines is 2. The molecule has 8 heteroatoms. The van der Waals surface area contributed by atoms with Crippen molar-refractivity contribution in [3.63, 3.8) is 0 Å². The minimum absolute atomic E-state index is 0.782. The average Bonchev–Trinajstić information content (AvgIpc) is 3.59. The number of fused-ring (bicyclic) bond motifs is 2. The van der Waals surface area contributed by atoms with E-state index in [1.807, 2.05) is 54.6 Å². The van der Waals surface area contributed by atoms with E-state index in [0.29, 0.717) is 0 Å². The number of nitrogens with one attached hydrogen (secondary N) is 3. The summed E-state index contributed by atoms with van der Waals surface area (Å²) >= 11 is 0. The molecule has 0 aliphatic rings. The van der Waals surface area contributed by atoms with E-state index in [0.717, 1.165) is 74.6 Å².